The fraction of sp³-hybridized carbons (Fsp3) is 0.176. The van der Waals surface area contributed by atoms with Crippen LogP contribution in [0.2, 0.25) is 0 Å². The molecule has 0 fully saturated rings. The lowest BCUT2D eigenvalue weighted by atomic mass is 10.2. The molecule has 0 radical (unpaired) electrons. The van der Waals surface area contributed by atoms with E-state index in [0.717, 1.165) is 16.9 Å². The van der Waals surface area contributed by atoms with Crippen molar-refractivity contribution in [3.8, 4) is 23.0 Å². The number of nitrogens with zero attached hydrogens (tertiary/aromatic N) is 3. The van der Waals surface area contributed by atoms with E-state index in [1.54, 1.807) is 43.5 Å². The number of nitro groups is 1. The number of ether oxygens (including phenoxy) is 2. The number of hydrogen-bond acceptors (Lipinski definition) is 7. The first-order chi connectivity index (χ1) is 12.1. The third-order valence-electron chi connectivity index (χ3n) is 3.47. The molecule has 0 aliphatic heterocycles. The molecule has 0 saturated carbocycles. The van der Waals surface area contributed by atoms with Crippen molar-refractivity contribution in [3.05, 3.63) is 64.0 Å². The second-order valence-electron chi connectivity index (χ2n) is 5.26. The zero-order valence-electron chi connectivity index (χ0n) is 13.6. The molecule has 3 aromatic rings. The molecular weight excluding hydrogens is 326 g/mol. The van der Waals surface area contributed by atoms with Gasteiger partial charge in [0.15, 0.2) is 12.4 Å². The largest absolute Gasteiger partial charge is 0.497 e. The Morgan fingerprint density at radius 2 is 1.96 bits per heavy atom. The zero-order chi connectivity index (χ0) is 17.8. The van der Waals surface area contributed by atoms with Crippen LogP contribution in [0.25, 0.3) is 11.5 Å². The van der Waals surface area contributed by atoms with E-state index < -0.39 is 4.92 Å². The Bertz CT molecular complexity index is 890. The third kappa shape index (κ3) is 3.74. The highest BCUT2D eigenvalue weighted by molar-refractivity contribution is 5.54. The molecule has 8 heteroatoms. The van der Waals surface area contributed by atoms with Gasteiger partial charge in [0.05, 0.1) is 12.0 Å². The normalized spacial score (nSPS) is 10.5. The molecule has 0 spiro atoms. The lowest BCUT2D eigenvalue weighted by molar-refractivity contribution is -0.386. The predicted octanol–water partition coefficient (Wildman–Crippen LogP) is 3.54. The van der Waals surface area contributed by atoms with E-state index in [0.29, 0.717) is 11.7 Å². The van der Waals surface area contributed by atoms with Gasteiger partial charge >= 0.3 is 5.69 Å². The van der Waals surface area contributed by atoms with Crippen molar-refractivity contribution in [1.29, 1.82) is 0 Å². The van der Waals surface area contributed by atoms with Crippen LogP contribution in [0, 0.1) is 17.0 Å². The zero-order valence-corrected chi connectivity index (χ0v) is 13.6. The van der Waals surface area contributed by atoms with Gasteiger partial charge in [0.2, 0.25) is 5.82 Å². The van der Waals surface area contributed by atoms with Crippen molar-refractivity contribution < 1.29 is 18.9 Å². The summed E-state index contributed by atoms with van der Waals surface area (Å²) in [5.41, 5.74) is 1.48. The van der Waals surface area contributed by atoms with E-state index in [-0.39, 0.29) is 18.0 Å². The molecule has 3 rings (SSSR count). The Balaban J connectivity index is 1.74. The molecule has 25 heavy (non-hydrogen) atoms. The number of rotatable bonds is 6. The van der Waals surface area contributed by atoms with Gasteiger partial charge in [0, 0.05) is 11.6 Å². The number of benzene rings is 2. The molecule has 0 amide bonds. The van der Waals surface area contributed by atoms with Crippen molar-refractivity contribution in [3.63, 3.8) is 0 Å². The van der Waals surface area contributed by atoms with Gasteiger partial charge in [-0.25, -0.2) is 0 Å². The third-order valence-corrected chi connectivity index (χ3v) is 3.47. The molecule has 8 nitrogen and oxygen atoms in total. The van der Waals surface area contributed by atoms with Crippen LogP contribution >= 0.6 is 0 Å². The summed E-state index contributed by atoms with van der Waals surface area (Å²) in [6.07, 6.45) is 0. The lowest BCUT2D eigenvalue weighted by Crippen LogP contribution is -2.01. The van der Waals surface area contributed by atoms with Gasteiger partial charge in [-0.15, -0.1) is 0 Å². The molecule has 0 bridgehead atoms. The first-order valence-electron chi connectivity index (χ1n) is 7.41. The van der Waals surface area contributed by atoms with Crippen molar-refractivity contribution >= 4 is 5.69 Å². The van der Waals surface area contributed by atoms with E-state index in [1.165, 1.54) is 6.07 Å². The number of nitro benzene ring substituents is 1. The van der Waals surface area contributed by atoms with Crippen LogP contribution in [0.4, 0.5) is 5.69 Å². The van der Waals surface area contributed by atoms with Crippen LogP contribution in [0.15, 0.2) is 47.0 Å². The maximum atomic E-state index is 11.1. The van der Waals surface area contributed by atoms with Crippen molar-refractivity contribution in [1.82, 2.24) is 10.1 Å². The number of methoxy groups -OCH3 is 1. The lowest BCUT2D eigenvalue weighted by Gasteiger charge is -2.05. The van der Waals surface area contributed by atoms with Gasteiger partial charge in [-0.2, -0.15) is 4.98 Å². The fourth-order valence-electron chi connectivity index (χ4n) is 2.19. The number of aromatic nitrogens is 2. The summed E-state index contributed by atoms with van der Waals surface area (Å²) in [5.74, 6) is 1.51. The first kappa shape index (κ1) is 16.4. The van der Waals surface area contributed by atoms with Gasteiger partial charge in [0.1, 0.15) is 5.75 Å². The van der Waals surface area contributed by atoms with Crippen LogP contribution in [0.5, 0.6) is 11.5 Å². The summed E-state index contributed by atoms with van der Waals surface area (Å²) in [6, 6.07) is 11.8. The highest BCUT2D eigenvalue weighted by Gasteiger charge is 2.16. The fourth-order valence-corrected chi connectivity index (χ4v) is 2.19. The summed E-state index contributed by atoms with van der Waals surface area (Å²) < 4.78 is 15.8. The summed E-state index contributed by atoms with van der Waals surface area (Å²) >= 11 is 0. The number of aryl methyl sites for hydroxylation is 1. The van der Waals surface area contributed by atoms with Gasteiger partial charge in [0.25, 0.3) is 5.89 Å². The molecular formula is C17H15N3O5. The minimum Gasteiger partial charge on any atom is -0.497 e. The summed E-state index contributed by atoms with van der Waals surface area (Å²) in [5, 5.41) is 14.9. The molecule has 0 aliphatic rings. The summed E-state index contributed by atoms with van der Waals surface area (Å²) in [6.45, 7) is 1.79. The van der Waals surface area contributed by atoms with Crippen molar-refractivity contribution in [2.75, 3.05) is 7.11 Å². The molecule has 0 atom stereocenters. The quantitative estimate of drug-likeness (QED) is 0.499. The maximum Gasteiger partial charge on any atom is 0.310 e. The predicted molar refractivity (Wildman–Crippen MR) is 88.5 cm³/mol. The SMILES string of the molecule is COc1ccc(-c2nc(COc3cc(C)ccc3[N+](=O)[O-])no2)cc1. The molecule has 1 aromatic heterocycles. The molecule has 0 N–H and O–H groups in total. The molecule has 0 aliphatic carbocycles. The Morgan fingerprint density at radius 3 is 2.64 bits per heavy atom. The van der Waals surface area contributed by atoms with Gasteiger partial charge in [-0.05, 0) is 42.8 Å². The van der Waals surface area contributed by atoms with Gasteiger partial charge in [-0.1, -0.05) is 11.2 Å². The van der Waals surface area contributed by atoms with Crippen LogP contribution in [-0.4, -0.2) is 22.2 Å². The van der Waals surface area contributed by atoms with E-state index in [4.69, 9.17) is 14.0 Å². The smallest absolute Gasteiger partial charge is 0.310 e. The average Bonchev–Trinajstić information content (AvgIpc) is 3.09. The maximum absolute atomic E-state index is 11.1. The monoisotopic (exact) mass is 341 g/mol. The Kier molecular flexibility index (Phi) is 4.60. The van der Waals surface area contributed by atoms with E-state index in [9.17, 15) is 10.1 Å². The minimum atomic E-state index is -0.492. The van der Waals surface area contributed by atoms with E-state index >= 15 is 0 Å². The first-order valence-corrected chi connectivity index (χ1v) is 7.41. The van der Waals surface area contributed by atoms with Crippen LogP contribution in [0.1, 0.15) is 11.4 Å². The van der Waals surface area contributed by atoms with E-state index in [1.807, 2.05) is 6.92 Å². The van der Waals surface area contributed by atoms with Gasteiger partial charge < -0.3 is 14.0 Å². The molecule has 1 heterocycles. The molecule has 0 saturated heterocycles. The Morgan fingerprint density at radius 1 is 1.20 bits per heavy atom. The average molecular weight is 341 g/mol. The molecule has 2 aromatic carbocycles. The topological polar surface area (TPSA) is 101 Å². The van der Waals surface area contributed by atoms with Gasteiger partial charge in [-0.3, -0.25) is 10.1 Å². The summed E-state index contributed by atoms with van der Waals surface area (Å²) in [4.78, 5) is 14.8. The second-order valence-corrected chi connectivity index (χ2v) is 5.26. The van der Waals surface area contributed by atoms with Crippen molar-refractivity contribution in [2.45, 2.75) is 13.5 Å². The van der Waals surface area contributed by atoms with Crippen LogP contribution < -0.4 is 9.47 Å². The van der Waals surface area contributed by atoms with E-state index in [2.05, 4.69) is 10.1 Å². The van der Waals surface area contributed by atoms with Crippen LogP contribution in [0.3, 0.4) is 0 Å². The minimum absolute atomic E-state index is 0.0377. The highest BCUT2D eigenvalue weighted by atomic mass is 16.6. The molecule has 128 valence electrons. The standard InChI is InChI=1S/C17H15N3O5/c1-11-3-8-14(20(21)22)15(9-11)24-10-16-18-17(25-19-16)12-4-6-13(23-2)7-5-12/h3-9H,10H2,1-2H3. The van der Waals surface area contributed by atoms with Crippen LogP contribution in [-0.2, 0) is 6.61 Å². The molecule has 0 unspecified atom stereocenters. The second kappa shape index (κ2) is 7.00. The Hall–Kier alpha value is -3.42. The Labute approximate surface area is 143 Å². The highest BCUT2D eigenvalue weighted by Crippen LogP contribution is 2.28. The number of hydrogen-bond donors (Lipinski definition) is 0. The summed E-state index contributed by atoms with van der Waals surface area (Å²) in [7, 11) is 1.58. The van der Waals surface area contributed by atoms with Crippen molar-refractivity contribution in [2.24, 2.45) is 0 Å².